The van der Waals surface area contributed by atoms with Crippen molar-refractivity contribution in [1.82, 2.24) is 4.90 Å². The van der Waals surface area contributed by atoms with Gasteiger partial charge in [0.15, 0.2) is 0 Å². The molecule has 0 radical (unpaired) electrons. The van der Waals surface area contributed by atoms with Crippen molar-refractivity contribution in [2.45, 2.75) is 45.1 Å². The second-order valence-corrected chi connectivity index (χ2v) is 5.42. The van der Waals surface area contributed by atoms with Gasteiger partial charge >= 0.3 is 0 Å². The van der Waals surface area contributed by atoms with Crippen LogP contribution < -0.4 is 5.73 Å². The Morgan fingerprint density at radius 3 is 2.82 bits per heavy atom. The Labute approximate surface area is 106 Å². The highest BCUT2D eigenvalue weighted by molar-refractivity contribution is 5.20. The number of nitrogens with two attached hydrogens (primary N) is 1. The monoisotopic (exact) mass is 234 g/mol. The molecule has 0 aromatic rings. The summed E-state index contributed by atoms with van der Waals surface area (Å²) in [5, 5.41) is 0. The maximum Gasteiger partial charge on any atom is 0.0201 e. The van der Waals surface area contributed by atoms with Gasteiger partial charge in [-0.25, -0.2) is 0 Å². The maximum absolute atomic E-state index is 6.13. The molecule has 0 aromatic carbocycles. The lowest BCUT2D eigenvalue weighted by Crippen LogP contribution is -2.50. The zero-order valence-corrected chi connectivity index (χ0v) is 11.1. The molecular weight excluding hydrogens is 208 g/mol. The number of allylic oxidation sites excluding steroid dienone is 3. The third-order valence-corrected chi connectivity index (χ3v) is 4.49. The van der Waals surface area contributed by atoms with Crippen LogP contribution in [0.1, 0.15) is 39.0 Å². The van der Waals surface area contributed by atoms with Crippen molar-refractivity contribution < 1.29 is 0 Å². The lowest BCUT2D eigenvalue weighted by Gasteiger charge is -2.44. The predicted octanol–water partition coefficient (Wildman–Crippen LogP) is 2.71. The summed E-state index contributed by atoms with van der Waals surface area (Å²) < 4.78 is 0. The van der Waals surface area contributed by atoms with Crippen molar-refractivity contribution in [3.05, 3.63) is 24.3 Å². The molecule has 1 heterocycles. The Morgan fingerprint density at radius 2 is 2.18 bits per heavy atom. The van der Waals surface area contributed by atoms with E-state index in [1.807, 2.05) is 0 Å². The van der Waals surface area contributed by atoms with Gasteiger partial charge in [-0.1, -0.05) is 44.1 Å². The molecule has 2 rings (SSSR count). The predicted molar refractivity (Wildman–Crippen MR) is 73.9 cm³/mol. The van der Waals surface area contributed by atoms with Crippen LogP contribution in [0, 0.1) is 5.41 Å². The van der Waals surface area contributed by atoms with Gasteiger partial charge in [-0.15, -0.1) is 0 Å². The van der Waals surface area contributed by atoms with Gasteiger partial charge in [0.2, 0.25) is 0 Å². The average Bonchev–Trinajstić information content (AvgIpc) is 2.65. The van der Waals surface area contributed by atoms with Crippen LogP contribution in [0.15, 0.2) is 24.3 Å². The molecular formula is C15H26N2. The quantitative estimate of drug-likeness (QED) is 0.813. The van der Waals surface area contributed by atoms with Crippen molar-refractivity contribution in [3.63, 3.8) is 0 Å². The molecule has 0 bridgehead atoms. The Hall–Kier alpha value is -0.600. The largest absolute Gasteiger partial charge is 0.330 e. The fourth-order valence-electron chi connectivity index (χ4n) is 3.41. The molecule has 0 saturated carbocycles. The van der Waals surface area contributed by atoms with E-state index in [4.69, 9.17) is 5.73 Å². The van der Waals surface area contributed by atoms with E-state index in [0.717, 1.165) is 19.5 Å². The lowest BCUT2D eigenvalue weighted by molar-refractivity contribution is 0.106. The van der Waals surface area contributed by atoms with Crippen molar-refractivity contribution in [1.29, 1.82) is 0 Å². The fraction of sp³-hybridized carbons (Fsp3) is 0.733. The van der Waals surface area contributed by atoms with E-state index in [0.29, 0.717) is 6.04 Å². The summed E-state index contributed by atoms with van der Waals surface area (Å²) in [6.45, 7) is 5.46. The number of hydrogen-bond acceptors (Lipinski definition) is 2. The van der Waals surface area contributed by atoms with Crippen LogP contribution in [-0.2, 0) is 0 Å². The highest BCUT2D eigenvalue weighted by atomic mass is 15.2. The fourth-order valence-corrected chi connectivity index (χ4v) is 3.41. The summed E-state index contributed by atoms with van der Waals surface area (Å²) in [7, 11) is 0. The summed E-state index contributed by atoms with van der Waals surface area (Å²) in [5.41, 5.74) is 6.31. The van der Waals surface area contributed by atoms with Gasteiger partial charge in [0.25, 0.3) is 0 Å². The summed E-state index contributed by atoms with van der Waals surface area (Å²) in [5.74, 6) is 0. The Bertz CT molecular complexity index is 295. The van der Waals surface area contributed by atoms with Crippen LogP contribution in [0.4, 0.5) is 0 Å². The van der Waals surface area contributed by atoms with Crippen molar-refractivity contribution in [3.8, 4) is 0 Å². The van der Waals surface area contributed by atoms with Crippen LogP contribution in [0.25, 0.3) is 0 Å². The molecule has 2 unspecified atom stereocenters. The summed E-state index contributed by atoms with van der Waals surface area (Å²) in [4.78, 5) is 2.66. The molecule has 1 aliphatic carbocycles. The molecule has 1 aliphatic heterocycles. The van der Waals surface area contributed by atoms with Crippen LogP contribution >= 0.6 is 0 Å². The van der Waals surface area contributed by atoms with Crippen molar-refractivity contribution in [2.24, 2.45) is 11.1 Å². The molecule has 2 N–H and O–H groups in total. The highest BCUT2D eigenvalue weighted by Gasteiger charge is 2.38. The lowest BCUT2D eigenvalue weighted by atomic mass is 9.73. The molecule has 1 fully saturated rings. The van der Waals surface area contributed by atoms with Gasteiger partial charge in [-0.3, -0.25) is 4.90 Å². The van der Waals surface area contributed by atoms with Gasteiger partial charge in [0.1, 0.15) is 0 Å². The normalized spacial score (nSPS) is 34.8. The van der Waals surface area contributed by atoms with Crippen LogP contribution in [0.2, 0.25) is 0 Å². The van der Waals surface area contributed by atoms with Crippen LogP contribution in [0.3, 0.4) is 0 Å². The minimum atomic E-state index is 0.190. The number of likely N-dealkylation sites (tertiary alicyclic amines) is 1. The second-order valence-electron chi connectivity index (χ2n) is 5.42. The van der Waals surface area contributed by atoms with E-state index in [2.05, 4.69) is 36.1 Å². The Balaban J connectivity index is 2.20. The molecule has 96 valence electrons. The van der Waals surface area contributed by atoms with E-state index in [-0.39, 0.29) is 5.41 Å². The first kappa shape index (κ1) is 12.8. The first-order valence-electron chi connectivity index (χ1n) is 7.11. The zero-order chi connectivity index (χ0) is 12.1. The number of rotatable bonds is 3. The van der Waals surface area contributed by atoms with E-state index in [9.17, 15) is 0 Å². The van der Waals surface area contributed by atoms with Gasteiger partial charge < -0.3 is 5.73 Å². The third-order valence-electron chi connectivity index (χ3n) is 4.49. The highest BCUT2D eigenvalue weighted by Crippen LogP contribution is 2.37. The number of nitrogens with zero attached hydrogens (tertiary/aromatic N) is 1. The van der Waals surface area contributed by atoms with E-state index in [1.165, 1.54) is 32.2 Å². The standard InChI is InChI=1S/C15H26N2/c1-2-17-12-8-3-5-9-14(17)15(13-16)10-6-4-7-11-15/h4,6-7,10,14H,2-3,5,8-9,11-13,16H2,1H3. The Kier molecular flexibility index (Phi) is 4.41. The minimum Gasteiger partial charge on any atom is -0.330 e. The second kappa shape index (κ2) is 5.83. The van der Waals surface area contributed by atoms with E-state index in [1.54, 1.807) is 0 Å². The molecule has 2 aliphatic rings. The molecule has 17 heavy (non-hydrogen) atoms. The topological polar surface area (TPSA) is 29.3 Å². The van der Waals surface area contributed by atoms with Crippen molar-refractivity contribution >= 4 is 0 Å². The van der Waals surface area contributed by atoms with Gasteiger partial charge in [0.05, 0.1) is 0 Å². The molecule has 2 nitrogen and oxygen atoms in total. The van der Waals surface area contributed by atoms with Crippen LogP contribution in [-0.4, -0.2) is 30.6 Å². The average molecular weight is 234 g/mol. The molecule has 0 spiro atoms. The van der Waals surface area contributed by atoms with E-state index < -0.39 is 0 Å². The number of hydrogen-bond donors (Lipinski definition) is 1. The summed E-state index contributed by atoms with van der Waals surface area (Å²) in [6.07, 6.45) is 15.5. The minimum absolute atomic E-state index is 0.190. The first-order valence-corrected chi connectivity index (χ1v) is 7.11. The van der Waals surface area contributed by atoms with Crippen LogP contribution in [0.5, 0.6) is 0 Å². The molecule has 0 aromatic heterocycles. The molecule has 0 amide bonds. The van der Waals surface area contributed by atoms with Crippen molar-refractivity contribution in [2.75, 3.05) is 19.6 Å². The molecule has 2 heteroatoms. The first-order chi connectivity index (χ1) is 8.32. The van der Waals surface area contributed by atoms with Gasteiger partial charge in [-0.05, 0) is 32.4 Å². The van der Waals surface area contributed by atoms with Gasteiger partial charge in [-0.2, -0.15) is 0 Å². The maximum atomic E-state index is 6.13. The Morgan fingerprint density at radius 1 is 1.29 bits per heavy atom. The SMILES string of the molecule is CCN1CCCCCC1C1(CN)C=CC=CC1. The molecule has 2 atom stereocenters. The summed E-state index contributed by atoms with van der Waals surface area (Å²) in [6, 6.07) is 0.640. The smallest absolute Gasteiger partial charge is 0.0201 e. The molecule has 1 saturated heterocycles. The zero-order valence-electron chi connectivity index (χ0n) is 11.1. The van der Waals surface area contributed by atoms with E-state index >= 15 is 0 Å². The summed E-state index contributed by atoms with van der Waals surface area (Å²) >= 11 is 0. The third kappa shape index (κ3) is 2.63. The van der Waals surface area contributed by atoms with Gasteiger partial charge in [0, 0.05) is 18.0 Å².